The topological polar surface area (TPSA) is 154 Å². The van der Waals surface area contributed by atoms with Gasteiger partial charge in [-0.25, -0.2) is 9.18 Å². The normalized spacial score (nSPS) is 16.8. The van der Waals surface area contributed by atoms with Gasteiger partial charge in [0.25, 0.3) is 0 Å². The number of nitrogens with one attached hydrogen (secondary N) is 2. The third-order valence-electron chi connectivity index (χ3n) is 6.91. The van der Waals surface area contributed by atoms with Crippen molar-refractivity contribution in [1.29, 1.82) is 0 Å². The van der Waals surface area contributed by atoms with E-state index in [1.54, 1.807) is 41.3 Å². The van der Waals surface area contributed by atoms with Crippen molar-refractivity contribution in [1.82, 2.24) is 10.2 Å². The Bertz CT molecular complexity index is 1310. The van der Waals surface area contributed by atoms with Crippen molar-refractivity contribution < 1.29 is 33.1 Å². The third-order valence-corrected chi connectivity index (χ3v) is 6.91. The summed E-state index contributed by atoms with van der Waals surface area (Å²) in [7, 11) is 0. The quantitative estimate of drug-likeness (QED) is 0.365. The summed E-state index contributed by atoms with van der Waals surface area (Å²) >= 11 is 0. The van der Waals surface area contributed by atoms with Gasteiger partial charge in [-0.05, 0) is 42.5 Å². The van der Waals surface area contributed by atoms with Crippen molar-refractivity contribution in [2.45, 2.75) is 25.9 Å². The lowest BCUT2D eigenvalue weighted by molar-refractivity contribution is -0.131. The predicted octanol–water partition coefficient (Wildman–Crippen LogP) is 1.50. The molecule has 2 fully saturated rings. The second-order valence-corrected chi connectivity index (χ2v) is 9.81. The van der Waals surface area contributed by atoms with E-state index in [4.69, 9.17) is 10.5 Å². The molecule has 0 aromatic heterocycles. The molecule has 2 aromatic rings. The second kappa shape index (κ2) is 13.2. The summed E-state index contributed by atoms with van der Waals surface area (Å²) in [5.74, 6) is -1.40. The molecule has 0 radical (unpaired) electrons. The van der Waals surface area contributed by atoms with Crippen LogP contribution in [0.5, 0.6) is 0 Å². The van der Waals surface area contributed by atoms with Crippen LogP contribution in [0.1, 0.15) is 30.1 Å². The molecule has 13 heteroatoms. The minimum absolute atomic E-state index is 0.0499. The predicted molar refractivity (Wildman–Crippen MR) is 149 cm³/mol. The Morgan fingerprint density at radius 1 is 1.02 bits per heavy atom. The molecule has 0 aliphatic carbocycles. The number of carbonyl (C=O) groups is 5. The number of hydrogen-bond donors (Lipinski definition) is 3. The number of ether oxygens (including phenoxy) is 1. The number of Topliss-reactive ketones (excluding diaryl/α,β-unsaturated/α-hetero) is 1. The Morgan fingerprint density at radius 2 is 1.73 bits per heavy atom. The zero-order valence-electron chi connectivity index (χ0n) is 22.7. The SMILES string of the molecule is CC(=O)NC[C@H]1CN(c2ccc(N3CCN(C(=O)CCC(=O)c4ccc(NC(=O)CN)cc4)CC3)c(F)c2)C(=O)O1. The maximum Gasteiger partial charge on any atom is 0.414 e. The van der Waals surface area contributed by atoms with Crippen LogP contribution in [0.4, 0.5) is 26.2 Å². The van der Waals surface area contributed by atoms with E-state index in [1.807, 2.05) is 4.90 Å². The first-order chi connectivity index (χ1) is 19.6. The summed E-state index contributed by atoms with van der Waals surface area (Å²) in [6, 6.07) is 10.9. The van der Waals surface area contributed by atoms with E-state index < -0.39 is 18.0 Å². The molecule has 1 atom stereocenters. The summed E-state index contributed by atoms with van der Waals surface area (Å²) in [5, 5.41) is 5.20. The highest BCUT2D eigenvalue weighted by atomic mass is 19.1. The lowest BCUT2D eigenvalue weighted by atomic mass is 10.1. The molecular weight excluding hydrogens is 535 g/mol. The van der Waals surface area contributed by atoms with Gasteiger partial charge in [-0.1, -0.05) is 0 Å². The fourth-order valence-corrected chi connectivity index (χ4v) is 4.69. The van der Waals surface area contributed by atoms with E-state index in [0.29, 0.717) is 48.8 Å². The first kappa shape index (κ1) is 29.5. The maximum absolute atomic E-state index is 15.1. The summed E-state index contributed by atoms with van der Waals surface area (Å²) in [5.41, 5.74) is 6.97. The minimum Gasteiger partial charge on any atom is -0.442 e. The number of piperazine rings is 1. The average Bonchev–Trinajstić information content (AvgIpc) is 3.35. The number of cyclic esters (lactones) is 1. The molecule has 41 heavy (non-hydrogen) atoms. The highest BCUT2D eigenvalue weighted by Crippen LogP contribution is 2.28. The van der Waals surface area contributed by atoms with E-state index in [2.05, 4.69) is 10.6 Å². The number of nitrogens with two attached hydrogens (primary N) is 1. The zero-order chi connectivity index (χ0) is 29.5. The Labute approximate surface area is 236 Å². The average molecular weight is 569 g/mol. The third kappa shape index (κ3) is 7.57. The molecule has 4 N–H and O–H groups in total. The number of amides is 4. The molecule has 2 saturated heterocycles. The Hall–Kier alpha value is -4.52. The van der Waals surface area contributed by atoms with Crippen LogP contribution in [0.15, 0.2) is 42.5 Å². The largest absolute Gasteiger partial charge is 0.442 e. The molecule has 2 aromatic carbocycles. The Morgan fingerprint density at radius 3 is 2.37 bits per heavy atom. The number of benzene rings is 2. The second-order valence-electron chi connectivity index (χ2n) is 9.81. The van der Waals surface area contributed by atoms with Gasteiger partial charge in [0.2, 0.25) is 17.7 Å². The van der Waals surface area contributed by atoms with E-state index in [1.165, 1.54) is 17.9 Å². The number of ketones is 1. The van der Waals surface area contributed by atoms with Gasteiger partial charge >= 0.3 is 6.09 Å². The summed E-state index contributed by atoms with van der Waals surface area (Å²) < 4.78 is 20.3. The molecule has 0 unspecified atom stereocenters. The fraction of sp³-hybridized carbons (Fsp3) is 0.393. The first-order valence-electron chi connectivity index (χ1n) is 13.3. The van der Waals surface area contributed by atoms with Gasteiger partial charge in [0.1, 0.15) is 11.9 Å². The molecule has 2 aliphatic heterocycles. The number of nitrogens with zero attached hydrogens (tertiary/aromatic N) is 3. The van der Waals surface area contributed by atoms with Crippen LogP contribution in [0.3, 0.4) is 0 Å². The summed E-state index contributed by atoms with van der Waals surface area (Å²) in [6.45, 7) is 3.19. The van der Waals surface area contributed by atoms with Gasteiger partial charge in [0.15, 0.2) is 5.78 Å². The number of anilines is 3. The molecule has 2 heterocycles. The Kier molecular flexibility index (Phi) is 9.50. The lowest BCUT2D eigenvalue weighted by Gasteiger charge is -2.36. The maximum atomic E-state index is 15.1. The molecular formula is C28H33FN6O6. The van der Waals surface area contributed by atoms with E-state index >= 15 is 4.39 Å². The van der Waals surface area contributed by atoms with Gasteiger partial charge in [-0.15, -0.1) is 0 Å². The molecule has 12 nitrogen and oxygen atoms in total. The monoisotopic (exact) mass is 568 g/mol. The van der Waals surface area contributed by atoms with Gasteiger partial charge in [0.05, 0.1) is 31.0 Å². The Balaban J connectivity index is 1.25. The number of carbonyl (C=O) groups excluding carboxylic acids is 5. The van der Waals surface area contributed by atoms with Gasteiger partial charge in [0, 0.05) is 57.2 Å². The van der Waals surface area contributed by atoms with Gasteiger partial charge in [-0.2, -0.15) is 0 Å². The van der Waals surface area contributed by atoms with Crippen LogP contribution < -0.4 is 26.2 Å². The standard InChI is InChI=1S/C28H33FN6O6/c1-18(36)31-16-22-17-35(28(40)41-22)21-6-7-24(23(29)14-21)33-10-12-34(13-11-33)27(39)9-8-25(37)19-2-4-20(5-3-19)32-26(38)15-30/h2-7,14,22H,8-13,15-17,30H2,1H3,(H,31,36)(H,32,38)/t22-/m0/s1. The molecule has 0 bridgehead atoms. The molecule has 0 saturated carbocycles. The van der Waals surface area contributed by atoms with Crippen molar-refractivity contribution in [3.05, 3.63) is 53.8 Å². The first-order valence-corrected chi connectivity index (χ1v) is 13.3. The van der Waals surface area contributed by atoms with E-state index in [9.17, 15) is 24.0 Å². The van der Waals surface area contributed by atoms with Crippen molar-refractivity contribution >= 4 is 46.7 Å². The smallest absolute Gasteiger partial charge is 0.414 e. The molecule has 4 amide bonds. The fourth-order valence-electron chi connectivity index (χ4n) is 4.69. The van der Waals surface area contributed by atoms with Gasteiger partial charge in [-0.3, -0.25) is 24.1 Å². The van der Waals surface area contributed by atoms with Crippen LogP contribution in [0.2, 0.25) is 0 Å². The van der Waals surface area contributed by atoms with Crippen molar-refractivity contribution in [2.75, 3.05) is 60.9 Å². The van der Waals surface area contributed by atoms with Crippen molar-refractivity contribution in [3.8, 4) is 0 Å². The van der Waals surface area contributed by atoms with Crippen LogP contribution in [-0.4, -0.2) is 86.4 Å². The van der Waals surface area contributed by atoms with Gasteiger partial charge < -0.3 is 30.9 Å². The minimum atomic E-state index is -0.605. The van der Waals surface area contributed by atoms with Crippen molar-refractivity contribution in [2.24, 2.45) is 5.73 Å². The molecule has 4 rings (SSSR count). The van der Waals surface area contributed by atoms with E-state index in [0.717, 1.165) is 0 Å². The molecule has 218 valence electrons. The van der Waals surface area contributed by atoms with Crippen molar-refractivity contribution in [3.63, 3.8) is 0 Å². The summed E-state index contributed by atoms with van der Waals surface area (Å²) in [6.07, 6.45) is -1.02. The highest BCUT2D eigenvalue weighted by molar-refractivity contribution is 5.99. The van der Waals surface area contributed by atoms with Crippen LogP contribution in [-0.2, 0) is 19.1 Å². The van der Waals surface area contributed by atoms with Crippen LogP contribution in [0, 0.1) is 5.82 Å². The summed E-state index contributed by atoms with van der Waals surface area (Å²) in [4.78, 5) is 64.8. The lowest BCUT2D eigenvalue weighted by Crippen LogP contribution is -2.49. The molecule has 0 spiro atoms. The zero-order valence-corrected chi connectivity index (χ0v) is 22.7. The number of halogens is 1. The number of rotatable bonds is 10. The van der Waals surface area contributed by atoms with Crippen LogP contribution >= 0.6 is 0 Å². The molecule has 2 aliphatic rings. The van der Waals surface area contributed by atoms with E-state index in [-0.39, 0.29) is 56.0 Å². The highest BCUT2D eigenvalue weighted by Gasteiger charge is 2.33. The number of hydrogen-bond acceptors (Lipinski definition) is 8. The van der Waals surface area contributed by atoms with Crippen LogP contribution in [0.25, 0.3) is 0 Å².